The summed E-state index contributed by atoms with van der Waals surface area (Å²) in [6.07, 6.45) is 5.78. The third-order valence-electron chi connectivity index (χ3n) is 2.23. The van der Waals surface area contributed by atoms with Crippen LogP contribution in [-0.2, 0) is 0 Å². The molecule has 2 rings (SSSR count). The maximum Gasteiger partial charge on any atom is 0.129 e. The lowest BCUT2D eigenvalue weighted by Crippen LogP contribution is -2.38. The maximum atomic E-state index is 4.12. The third-order valence-corrected chi connectivity index (χ3v) is 2.23. The molecule has 1 aromatic rings. The van der Waals surface area contributed by atoms with Crippen molar-refractivity contribution >= 4 is 30.6 Å². The van der Waals surface area contributed by atoms with E-state index in [1.807, 2.05) is 6.07 Å². The van der Waals surface area contributed by atoms with Gasteiger partial charge in [-0.25, -0.2) is 9.97 Å². The molecule has 0 spiro atoms. The van der Waals surface area contributed by atoms with Gasteiger partial charge in [0.25, 0.3) is 0 Å². The zero-order valence-electron chi connectivity index (χ0n) is 8.35. The van der Waals surface area contributed by atoms with Crippen LogP contribution in [0.2, 0.25) is 0 Å². The molecule has 1 aliphatic rings. The minimum absolute atomic E-state index is 0. The highest BCUT2D eigenvalue weighted by Gasteiger charge is 2.12. The highest BCUT2D eigenvalue weighted by atomic mass is 35.5. The summed E-state index contributed by atoms with van der Waals surface area (Å²) >= 11 is 0. The zero-order chi connectivity index (χ0) is 8.93. The lowest BCUT2D eigenvalue weighted by Gasteiger charge is -2.23. The largest absolute Gasteiger partial charge is 0.366 e. The Morgan fingerprint density at radius 3 is 2.87 bits per heavy atom. The topological polar surface area (TPSA) is 49.8 Å². The number of nitrogens with zero attached hydrogens (tertiary/aromatic N) is 2. The predicted octanol–water partition coefficient (Wildman–Crippen LogP) is 1.48. The van der Waals surface area contributed by atoms with Gasteiger partial charge in [0.1, 0.15) is 12.1 Å². The molecule has 0 aliphatic carbocycles. The molecule has 1 unspecified atom stereocenters. The molecule has 1 aliphatic heterocycles. The van der Waals surface area contributed by atoms with Crippen molar-refractivity contribution in [3.05, 3.63) is 18.6 Å². The number of rotatable bonds is 2. The predicted molar refractivity (Wildman–Crippen MR) is 66.0 cm³/mol. The summed E-state index contributed by atoms with van der Waals surface area (Å²) in [6.45, 7) is 2.17. The Morgan fingerprint density at radius 1 is 1.40 bits per heavy atom. The first-order valence-electron chi connectivity index (χ1n) is 4.68. The summed E-state index contributed by atoms with van der Waals surface area (Å²) in [6, 6.07) is 2.41. The van der Waals surface area contributed by atoms with E-state index in [1.165, 1.54) is 12.8 Å². The van der Waals surface area contributed by atoms with Gasteiger partial charge >= 0.3 is 0 Å². The quantitative estimate of drug-likeness (QED) is 0.836. The van der Waals surface area contributed by atoms with Crippen molar-refractivity contribution in [1.29, 1.82) is 0 Å². The Hall–Kier alpha value is -0.580. The highest BCUT2D eigenvalue weighted by Crippen LogP contribution is 2.08. The fourth-order valence-corrected chi connectivity index (χ4v) is 1.56. The van der Waals surface area contributed by atoms with Gasteiger partial charge in [-0.1, -0.05) is 0 Å². The second-order valence-electron chi connectivity index (χ2n) is 3.28. The molecule has 2 N–H and O–H groups in total. The van der Waals surface area contributed by atoms with Crippen molar-refractivity contribution in [1.82, 2.24) is 15.3 Å². The molecule has 1 atom stereocenters. The van der Waals surface area contributed by atoms with Crippen LogP contribution in [0.25, 0.3) is 0 Å². The number of hydrogen-bond acceptors (Lipinski definition) is 4. The molecule has 0 bridgehead atoms. The fraction of sp³-hybridized carbons (Fsp3) is 0.556. The van der Waals surface area contributed by atoms with Crippen LogP contribution in [0.5, 0.6) is 0 Å². The van der Waals surface area contributed by atoms with Crippen molar-refractivity contribution in [2.24, 2.45) is 0 Å². The van der Waals surface area contributed by atoms with Gasteiger partial charge in [-0.3, -0.25) is 0 Å². The normalized spacial score (nSPS) is 19.6. The number of piperidine rings is 1. The molecule has 2 heterocycles. The molecule has 4 nitrogen and oxygen atoms in total. The Balaban J connectivity index is 0.000000980. The molecule has 1 saturated heterocycles. The second kappa shape index (κ2) is 7.68. The van der Waals surface area contributed by atoms with Crippen molar-refractivity contribution in [2.45, 2.75) is 18.9 Å². The van der Waals surface area contributed by atoms with Gasteiger partial charge in [-0.15, -0.1) is 24.8 Å². The Kier molecular flexibility index (Phi) is 7.38. The molecule has 6 heteroatoms. The Bertz CT molecular complexity index is 252. The molecule has 1 aromatic heterocycles. The van der Waals surface area contributed by atoms with E-state index in [0.29, 0.717) is 6.04 Å². The van der Waals surface area contributed by atoms with E-state index in [2.05, 4.69) is 20.6 Å². The number of halogens is 2. The van der Waals surface area contributed by atoms with Crippen molar-refractivity contribution in [2.75, 3.05) is 18.4 Å². The fourth-order valence-electron chi connectivity index (χ4n) is 1.56. The summed E-state index contributed by atoms with van der Waals surface area (Å²) in [5.74, 6) is 0.920. The van der Waals surface area contributed by atoms with Crippen LogP contribution < -0.4 is 10.6 Å². The standard InChI is InChI=1S/C9H14N4.2ClH/c1-2-8(6-10-4-1)13-9-3-5-11-7-12-9;;/h3,5,7-8,10H,1-2,4,6H2,(H,11,12,13);2*1H. The smallest absolute Gasteiger partial charge is 0.129 e. The number of aromatic nitrogens is 2. The number of anilines is 1. The molecule has 0 radical (unpaired) electrons. The van der Waals surface area contributed by atoms with Crippen LogP contribution in [0.4, 0.5) is 5.82 Å². The van der Waals surface area contributed by atoms with E-state index in [4.69, 9.17) is 0 Å². The highest BCUT2D eigenvalue weighted by molar-refractivity contribution is 5.85. The van der Waals surface area contributed by atoms with Gasteiger partial charge in [0, 0.05) is 18.8 Å². The van der Waals surface area contributed by atoms with Gasteiger partial charge in [-0.05, 0) is 25.5 Å². The van der Waals surface area contributed by atoms with Crippen LogP contribution in [0, 0.1) is 0 Å². The summed E-state index contributed by atoms with van der Waals surface area (Å²) in [5, 5.41) is 6.72. The van der Waals surface area contributed by atoms with Crippen molar-refractivity contribution < 1.29 is 0 Å². The van der Waals surface area contributed by atoms with Crippen LogP contribution in [0.3, 0.4) is 0 Å². The van der Waals surface area contributed by atoms with Gasteiger partial charge in [-0.2, -0.15) is 0 Å². The van der Waals surface area contributed by atoms with Crippen LogP contribution in [0.1, 0.15) is 12.8 Å². The summed E-state index contributed by atoms with van der Waals surface area (Å²) in [4.78, 5) is 7.99. The van der Waals surface area contributed by atoms with Crippen molar-refractivity contribution in [3.8, 4) is 0 Å². The minimum Gasteiger partial charge on any atom is -0.366 e. The Morgan fingerprint density at radius 2 is 2.27 bits per heavy atom. The molecule has 0 amide bonds. The lowest BCUT2D eigenvalue weighted by molar-refractivity contribution is 0.479. The van der Waals surface area contributed by atoms with Crippen molar-refractivity contribution in [3.63, 3.8) is 0 Å². The molecular formula is C9H16Cl2N4. The lowest BCUT2D eigenvalue weighted by atomic mass is 10.1. The zero-order valence-corrected chi connectivity index (χ0v) is 9.98. The number of hydrogen-bond donors (Lipinski definition) is 2. The summed E-state index contributed by atoms with van der Waals surface area (Å²) < 4.78 is 0. The van der Waals surface area contributed by atoms with E-state index < -0.39 is 0 Å². The first-order valence-corrected chi connectivity index (χ1v) is 4.68. The van der Waals surface area contributed by atoms with Gasteiger partial charge in [0.2, 0.25) is 0 Å². The summed E-state index contributed by atoms with van der Waals surface area (Å²) in [7, 11) is 0. The van der Waals surface area contributed by atoms with Crippen LogP contribution >= 0.6 is 24.8 Å². The molecule has 0 saturated carbocycles. The summed E-state index contributed by atoms with van der Waals surface area (Å²) in [5.41, 5.74) is 0. The monoisotopic (exact) mass is 250 g/mol. The average Bonchev–Trinajstić information content (AvgIpc) is 2.21. The van der Waals surface area contributed by atoms with E-state index in [-0.39, 0.29) is 24.8 Å². The van der Waals surface area contributed by atoms with Gasteiger partial charge in [0.05, 0.1) is 0 Å². The first kappa shape index (κ1) is 14.4. The maximum absolute atomic E-state index is 4.12. The van der Waals surface area contributed by atoms with E-state index >= 15 is 0 Å². The minimum atomic E-state index is 0. The van der Waals surface area contributed by atoms with Gasteiger partial charge < -0.3 is 10.6 Å². The third kappa shape index (κ3) is 4.64. The molecule has 0 aromatic carbocycles. The SMILES string of the molecule is Cl.Cl.c1cc(NC2CCCNC2)ncn1. The molecule has 15 heavy (non-hydrogen) atoms. The molecule has 1 fully saturated rings. The van der Waals surface area contributed by atoms with Crippen LogP contribution in [0.15, 0.2) is 18.6 Å². The molecule has 86 valence electrons. The van der Waals surface area contributed by atoms with E-state index in [0.717, 1.165) is 18.9 Å². The van der Waals surface area contributed by atoms with Gasteiger partial charge in [0.15, 0.2) is 0 Å². The Labute approximate surface area is 102 Å². The number of nitrogens with one attached hydrogen (secondary N) is 2. The van der Waals surface area contributed by atoms with E-state index in [9.17, 15) is 0 Å². The average molecular weight is 251 g/mol. The second-order valence-corrected chi connectivity index (χ2v) is 3.28. The molecular weight excluding hydrogens is 235 g/mol. The van der Waals surface area contributed by atoms with Crippen LogP contribution in [-0.4, -0.2) is 29.1 Å². The first-order chi connectivity index (χ1) is 6.45. The van der Waals surface area contributed by atoms with E-state index in [1.54, 1.807) is 12.5 Å².